The predicted octanol–water partition coefficient (Wildman–Crippen LogP) is 0.851. The van der Waals surface area contributed by atoms with E-state index in [1.54, 1.807) is 31.2 Å². The summed E-state index contributed by atoms with van der Waals surface area (Å²) >= 11 is 0. The van der Waals surface area contributed by atoms with E-state index in [9.17, 15) is 19.2 Å². The number of rotatable bonds is 9. The van der Waals surface area contributed by atoms with Gasteiger partial charge in [-0.05, 0) is 12.5 Å². The maximum atomic E-state index is 12.3. The van der Waals surface area contributed by atoms with E-state index in [0.29, 0.717) is 0 Å². The molecule has 8 nitrogen and oxygen atoms in total. The van der Waals surface area contributed by atoms with Gasteiger partial charge < -0.3 is 19.1 Å². The number of carbonyl (C=O) groups is 4. The van der Waals surface area contributed by atoms with Crippen LogP contribution in [0.4, 0.5) is 0 Å². The van der Waals surface area contributed by atoms with Crippen molar-refractivity contribution in [2.45, 2.75) is 13.5 Å². The second-order valence-electron chi connectivity index (χ2n) is 5.00. The third kappa shape index (κ3) is 8.09. The SMILES string of the molecule is CCOC(=O)CN(Cc1ccccc1)C(=O)COC(=O)C=CC(=O)OC. The zero-order valence-corrected chi connectivity index (χ0v) is 14.7. The quantitative estimate of drug-likeness (QED) is 0.364. The molecule has 0 aliphatic carbocycles. The van der Waals surface area contributed by atoms with Crippen LogP contribution in [0.1, 0.15) is 12.5 Å². The highest BCUT2D eigenvalue weighted by atomic mass is 16.5. The molecule has 0 aromatic heterocycles. The lowest BCUT2D eigenvalue weighted by Gasteiger charge is -2.21. The summed E-state index contributed by atoms with van der Waals surface area (Å²) in [5, 5.41) is 0. The van der Waals surface area contributed by atoms with Gasteiger partial charge in [-0.25, -0.2) is 9.59 Å². The fourth-order valence-corrected chi connectivity index (χ4v) is 1.87. The van der Waals surface area contributed by atoms with Gasteiger partial charge in [-0.3, -0.25) is 9.59 Å². The number of nitrogens with zero attached hydrogens (tertiary/aromatic N) is 1. The molecule has 0 N–H and O–H groups in total. The fourth-order valence-electron chi connectivity index (χ4n) is 1.87. The van der Waals surface area contributed by atoms with E-state index < -0.39 is 30.4 Å². The molecular weight excluding hydrogens is 342 g/mol. The zero-order valence-electron chi connectivity index (χ0n) is 14.7. The van der Waals surface area contributed by atoms with Gasteiger partial charge in [0.25, 0.3) is 5.91 Å². The Morgan fingerprint density at radius 3 is 2.27 bits per heavy atom. The van der Waals surface area contributed by atoms with Crippen molar-refractivity contribution >= 4 is 23.8 Å². The molecule has 0 fully saturated rings. The van der Waals surface area contributed by atoms with Crippen molar-refractivity contribution in [1.29, 1.82) is 0 Å². The van der Waals surface area contributed by atoms with Crippen molar-refractivity contribution in [3.05, 3.63) is 48.0 Å². The van der Waals surface area contributed by atoms with Gasteiger partial charge in [0.05, 0.1) is 13.7 Å². The zero-order chi connectivity index (χ0) is 19.4. The van der Waals surface area contributed by atoms with Crippen LogP contribution < -0.4 is 0 Å². The first-order chi connectivity index (χ1) is 12.5. The van der Waals surface area contributed by atoms with Crippen LogP contribution in [0.2, 0.25) is 0 Å². The van der Waals surface area contributed by atoms with Crippen LogP contribution in [0, 0.1) is 0 Å². The highest BCUT2D eigenvalue weighted by Gasteiger charge is 2.19. The van der Waals surface area contributed by atoms with Gasteiger partial charge in [-0.2, -0.15) is 0 Å². The first-order valence-electron chi connectivity index (χ1n) is 7.86. The lowest BCUT2D eigenvalue weighted by molar-refractivity contribution is -0.153. The van der Waals surface area contributed by atoms with E-state index in [2.05, 4.69) is 4.74 Å². The number of amides is 1. The summed E-state index contributed by atoms with van der Waals surface area (Å²) < 4.78 is 14.0. The van der Waals surface area contributed by atoms with Crippen LogP contribution in [-0.2, 0) is 39.9 Å². The minimum Gasteiger partial charge on any atom is -0.466 e. The largest absolute Gasteiger partial charge is 0.466 e. The molecule has 1 aromatic carbocycles. The minimum absolute atomic E-state index is 0.161. The van der Waals surface area contributed by atoms with Crippen LogP contribution >= 0.6 is 0 Å². The van der Waals surface area contributed by atoms with Gasteiger partial charge in [-0.1, -0.05) is 30.3 Å². The smallest absolute Gasteiger partial charge is 0.331 e. The molecule has 0 spiro atoms. The van der Waals surface area contributed by atoms with Crippen LogP contribution in [0.5, 0.6) is 0 Å². The standard InChI is InChI=1S/C18H21NO7/c1-3-25-18(23)12-19(11-14-7-5-4-6-8-14)15(20)13-26-17(22)10-9-16(21)24-2/h4-10H,3,11-13H2,1-2H3. The Kier molecular flexibility index (Phi) is 9.16. The lowest BCUT2D eigenvalue weighted by atomic mass is 10.2. The van der Waals surface area contributed by atoms with Gasteiger partial charge in [-0.15, -0.1) is 0 Å². The Morgan fingerprint density at radius 1 is 1.00 bits per heavy atom. The Bertz CT molecular complexity index is 655. The number of methoxy groups -OCH3 is 1. The molecule has 1 rings (SSSR count). The summed E-state index contributed by atoms with van der Waals surface area (Å²) in [6.07, 6.45) is 1.74. The topological polar surface area (TPSA) is 99.2 Å². The molecule has 0 saturated carbocycles. The normalized spacial score (nSPS) is 10.2. The average Bonchev–Trinajstić information content (AvgIpc) is 2.64. The average molecular weight is 363 g/mol. The number of benzene rings is 1. The molecule has 0 radical (unpaired) electrons. The summed E-state index contributed by atoms with van der Waals surface area (Å²) in [5.74, 6) is -2.73. The van der Waals surface area contributed by atoms with Crippen LogP contribution in [0.3, 0.4) is 0 Å². The molecule has 1 amide bonds. The van der Waals surface area contributed by atoms with E-state index in [4.69, 9.17) is 9.47 Å². The minimum atomic E-state index is -0.875. The van der Waals surface area contributed by atoms with Crippen molar-refractivity contribution in [3.63, 3.8) is 0 Å². The Labute approximate surface area is 151 Å². The number of hydrogen-bond donors (Lipinski definition) is 0. The molecule has 0 heterocycles. The number of carbonyl (C=O) groups excluding carboxylic acids is 4. The molecular formula is C18H21NO7. The molecule has 0 aliphatic rings. The Morgan fingerprint density at radius 2 is 1.65 bits per heavy atom. The molecule has 0 unspecified atom stereocenters. The van der Waals surface area contributed by atoms with E-state index in [1.807, 2.05) is 6.07 Å². The second kappa shape index (κ2) is 11.4. The lowest BCUT2D eigenvalue weighted by Crippen LogP contribution is -2.38. The summed E-state index contributed by atoms with van der Waals surface area (Å²) in [6, 6.07) is 9.05. The Balaban J connectivity index is 2.68. The molecule has 0 saturated heterocycles. The predicted molar refractivity (Wildman–Crippen MR) is 90.6 cm³/mol. The maximum absolute atomic E-state index is 12.3. The molecule has 1 aromatic rings. The van der Waals surface area contributed by atoms with Crippen LogP contribution in [0.25, 0.3) is 0 Å². The molecule has 0 atom stereocenters. The molecule has 8 heteroatoms. The van der Waals surface area contributed by atoms with Gasteiger partial charge in [0.2, 0.25) is 0 Å². The van der Waals surface area contributed by atoms with E-state index in [-0.39, 0.29) is 19.7 Å². The maximum Gasteiger partial charge on any atom is 0.331 e. The van der Waals surface area contributed by atoms with E-state index >= 15 is 0 Å². The third-order valence-corrected chi connectivity index (χ3v) is 3.09. The molecule has 0 aliphatic heterocycles. The van der Waals surface area contributed by atoms with Crippen molar-refractivity contribution in [3.8, 4) is 0 Å². The van der Waals surface area contributed by atoms with Crippen molar-refractivity contribution in [2.24, 2.45) is 0 Å². The van der Waals surface area contributed by atoms with E-state index in [0.717, 1.165) is 17.7 Å². The highest BCUT2D eigenvalue weighted by Crippen LogP contribution is 2.06. The molecule has 140 valence electrons. The first kappa shape index (κ1) is 20.9. The Hall–Kier alpha value is -3.16. The van der Waals surface area contributed by atoms with Crippen molar-refractivity contribution < 1.29 is 33.4 Å². The monoisotopic (exact) mass is 363 g/mol. The van der Waals surface area contributed by atoms with Gasteiger partial charge in [0, 0.05) is 18.7 Å². The fraction of sp³-hybridized carbons (Fsp3) is 0.333. The molecule has 26 heavy (non-hydrogen) atoms. The highest BCUT2D eigenvalue weighted by molar-refractivity contribution is 5.92. The van der Waals surface area contributed by atoms with Crippen LogP contribution in [-0.4, -0.2) is 55.6 Å². The first-order valence-corrected chi connectivity index (χ1v) is 7.86. The summed E-state index contributed by atoms with van der Waals surface area (Å²) in [6.45, 7) is 1.18. The number of hydrogen-bond acceptors (Lipinski definition) is 7. The molecule has 0 bridgehead atoms. The number of ether oxygens (including phenoxy) is 3. The second-order valence-corrected chi connectivity index (χ2v) is 5.00. The third-order valence-electron chi connectivity index (χ3n) is 3.09. The van der Waals surface area contributed by atoms with Crippen molar-refractivity contribution in [1.82, 2.24) is 4.90 Å². The summed E-state index contributed by atoms with van der Waals surface area (Å²) in [7, 11) is 1.17. The van der Waals surface area contributed by atoms with Gasteiger partial charge in [0.15, 0.2) is 6.61 Å². The summed E-state index contributed by atoms with van der Waals surface area (Å²) in [5.41, 5.74) is 0.807. The number of esters is 3. The van der Waals surface area contributed by atoms with Crippen molar-refractivity contribution in [2.75, 3.05) is 26.9 Å². The summed E-state index contributed by atoms with van der Waals surface area (Å²) in [4.78, 5) is 47.6. The van der Waals surface area contributed by atoms with E-state index in [1.165, 1.54) is 12.0 Å². The van der Waals surface area contributed by atoms with Gasteiger partial charge >= 0.3 is 17.9 Å². The van der Waals surface area contributed by atoms with Crippen LogP contribution in [0.15, 0.2) is 42.5 Å². The van der Waals surface area contributed by atoms with Gasteiger partial charge in [0.1, 0.15) is 6.54 Å².